The molecule has 4 fully saturated rings. The van der Waals surface area contributed by atoms with Gasteiger partial charge in [-0.05, 0) is 76.2 Å². The molecule has 0 saturated carbocycles. The zero-order chi connectivity index (χ0) is 48.8. The fourth-order valence-corrected chi connectivity index (χ4v) is 9.53. The molecular formula is C52H62N12O7. The summed E-state index contributed by atoms with van der Waals surface area (Å²) in [6.45, 7) is 17.4. The number of anilines is 4. The van der Waals surface area contributed by atoms with E-state index in [1.54, 1.807) is 12.1 Å². The Morgan fingerprint density at radius 3 is 1.31 bits per heavy atom. The number of nitrogens with one attached hydrogen (secondary N) is 2. The van der Waals surface area contributed by atoms with Crippen LogP contribution in [0, 0.1) is 0 Å². The minimum atomic E-state index is -0.230. The predicted molar refractivity (Wildman–Crippen MR) is 272 cm³/mol. The van der Waals surface area contributed by atoms with Gasteiger partial charge in [0.15, 0.2) is 11.3 Å². The van der Waals surface area contributed by atoms with Gasteiger partial charge in [-0.3, -0.25) is 9.59 Å². The first-order valence-corrected chi connectivity index (χ1v) is 24.8. The number of pyridine rings is 2. The van der Waals surface area contributed by atoms with E-state index in [2.05, 4.69) is 57.9 Å². The summed E-state index contributed by atoms with van der Waals surface area (Å²) in [5.74, 6) is 2.48. The number of fused-ring (bicyclic) bond motifs is 2. The standard InChI is InChI=1S/C52H62N12O7/c1-33-29-68-23-17-61(33)47-41-11-13-43(55-45(41)57-51(59-47)63-19-25-70-31-35(63)3)37-7-5-9-39(27-37)49(65)53-15-21-67-22-16-54-50(66)40-10-6-8-38(28-40)44-14-12-42-46(56-44)58-52(64-20-26-71-32-36(64)4)60-48(42)62-18-24-69-30-34(62)2/h5-14,27-28,33-36H,15-26,29-32H2,1-4H3,(H,53,65)(H,54,66)/t33-,34+,35-,36+. The van der Waals surface area contributed by atoms with Crippen molar-refractivity contribution in [2.75, 3.05) is 125 Å². The summed E-state index contributed by atoms with van der Waals surface area (Å²) in [5.41, 5.74) is 5.17. The van der Waals surface area contributed by atoms with Crippen LogP contribution >= 0.6 is 0 Å². The highest BCUT2D eigenvalue weighted by atomic mass is 16.5. The fourth-order valence-electron chi connectivity index (χ4n) is 9.53. The molecule has 2 aromatic carbocycles. The number of amides is 2. The lowest BCUT2D eigenvalue weighted by Crippen LogP contribution is -2.46. The highest BCUT2D eigenvalue weighted by molar-refractivity contribution is 5.97. The molecule has 10 rings (SSSR count). The maximum Gasteiger partial charge on any atom is 0.251 e. The summed E-state index contributed by atoms with van der Waals surface area (Å²) < 4.78 is 28.7. The van der Waals surface area contributed by atoms with Gasteiger partial charge in [-0.1, -0.05) is 24.3 Å². The second-order valence-electron chi connectivity index (χ2n) is 18.6. The first kappa shape index (κ1) is 48.0. The van der Waals surface area contributed by atoms with Crippen LogP contribution in [0.4, 0.5) is 23.5 Å². The molecular weight excluding hydrogens is 905 g/mol. The summed E-state index contributed by atoms with van der Waals surface area (Å²) in [6, 6.07) is 23.3. The average Bonchev–Trinajstić information content (AvgIpc) is 3.40. The van der Waals surface area contributed by atoms with Crippen molar-refractivity contribution in [1.82, 2.24) is 40.5 Å². The molecule has 6 aromatic rings. The molecule has 0 unspecified atom stereocenters. The second-order valence-corrected chi connectivity index (χ2v) is 18.6. The highest BCUT2D eigenvalue weighted by Crippen LogP contribution is 2.34. The van der Waals surface area contributed by atoms with Crippen LogP contribution in [0.1, 0.15) is 48.4 Å². The van der Waals surface area contributed by atoms with Crippen molar-refractivity contribution in [3.63, 3.8) is 0 Å². The Labute approximate surface area is 413 Å². The smallest absolute Gasteiger partial charge is 0.251 e. The number of nitrogens with zero attached hydrogens (tertiary/aromatic N) is 10. The van der Waals surface area contributed by atoms with E-state index in [0.29, 0.717) is 125 Å². The zero-order valence-corrected chi connectivity index (χ0v) is 40.9. The van der Waals surface area contributed by atoms with E-state index in [9.17, 15) is 9.59 Å². The monoisotopic (exact) mass is 966 g/mol. The topological polar surface area (TPSA) is 195 Å². The minimum absolute atomic E-state index is 0.119. The average molecular weight is 967 g/mol. The van der Waals surface area contributed by atoms with Crippen LogP contribution in [0.15, 0.2) is 72.8 Å². The van der Waals surface area contributed by atoms with Crippen LogP contribution in [0.3, 0.4) is 0 Å². The van der Waals surface area contributed by atoms with Crippen LogP contribution < -0.4 is 30.2 Å². The quantitative estimate of drug-likeness (QED) is 0.142. The summed E-state index contributed by atoms with van der Waals surface area (Å²) in [4.78, 5) is 65.9. The van der Waals surface area contributed by atoms with Gasteiger partial charge >= 0.3 is 0 Å². The third-order valence-electron chi connectivity index (χ3n) is 13.5. The van der Waals surface area contributed by atoms with E-state index in [0.717, 1.165) is 46.6 Å². The van der Waals surface area contributed by atoms with E-state index in [1.165, 1.54) is 0 Å². The minimum Gasteiger partial charge on any atom is -0.378 e. The SMILES string of the molecule is C[C@@H]1COCCN1c1nc(N2CCOC[C@H]2C)c2ccc(-c3cccc(C(=O)NCCOCCNC(=O)c4cccc(-c5ccc6c(N7CCOC[C@@H]7C)nc(N7CCOC[C@@H]7C)nc6n5)c4)c3)nc2n1. The van der Waals surface area contributed by atoms with E-state index >= 15 is 0 Å². The molecule has 4 aliphatic rings. The number of benzene rings is 2. The van der Waals surface area contributed by atoms with Gasteiger partial charge in [0, 0.05) is 61.5 Å². The highest BCUT2D eigenvalue weighted by Gasteiger charge is 2.30. The Morgan fingerprint density at radius 1 is 0.521 bits per heavy atom. The van der Waals surface area contributed by atoms with Gasteiger partial charge < -0.3 is 53.9 Å². The van der Waals surface area contributed by atoms with Gasteiger partial charge in [0.05, 0.1) is 112 Å². The van der Waals surface area contributed by atoms with Crippen LogP contribution in [0.5, 0.6) is 0 Å². The van der Waals surface area contributed by atoms with Crippen LogP contribution in [0.25, 0.3) is 44.6 Å². The summed E-state index contributed by atoms with van der Waals surface area (Å²) >= 11 is 0. The maximum atomic E-state index is 13.3. The number of ether oxygens (including phenoxy) is 5. The molecule has 4 aliphatic heterocycles. The van der Waals surface area contributed by atoms with E-state index in [-0.39, 0.29) is 49.2 Å². The first-order valence-electron chi connectivity index (χ1n) is 24.8. The largest absolute Gasteiger partial charge is 0.378 e. The van der Waals surface area contributed by atoms with Gasteiger partial charge in [0.25, 0.3) is 11.8 Å². The Bertz CT molecular complexity index is 2680. The third-order valence-corrected chi connectivity index (χ3v) is 13.5. The van der Waals surface area contributed by atoms with Gasteiger partial charge in [0.1, 0.15) is 11.6 Å². The summed E-state index contributed by atoms with van der Waals surface area (Å²) in [7, 11) is 0. The number of hydrogen-bond donors (Lipinski definition) is 2. The van der Waals surface area contributed by atoms with Crippen LogP contribution in [-0.4, -0.2) is 171 Å². The molecule has 19 nitrogen and oxygen atoms in total. The molecule has 0 bridgehead atoms. The van der Waals surface area contributed by atoms with Crippen molar-refractivity contribution in [1.29, 1.82) is 0 Å². The Hall–Kier alpha value is -6.64. The number of rotatable bonds is 14. The molecule has 8 heterocycles. The van der Waals surface area contributed by atoms with E-state index in [4.69, 9.17) is 53.6 Å². The number of carbonyl (C=O) groups excluding carboxylic acids is 2. The number of morpholine rings is 4. The summed E-state index contributed by atoms with van der Waals surface area (Å²) in [6.07, 6.45) is 0. The number of hydrogen-bond acceptors (Lipinski definition) is 17. The number of carbonyl (C=O) groups is 2. The first-order chi connectivity index (χ1) is 34.7. The molecule has 19 heteroatoms. The van der Waals surface area contributed by atoms with Crippen molar-refractivity contribution in [3.05, 3.63) is 83.9 Å². The Balaban J connectivity index is 0.741. The van der Waals surface area contributed by atoms with Gasteiger partial charge in [-0.25, -0.2) is 9.97 Å². The second kappa shape index (κ2) is 21.8. The van der Waals surface area contributed by atoms with Crippen molar-refractivity contribution in [3.8, 4) is 22.5 Å². The Morgan fingerprint density at radius 2 is 0.915 bits per heavy atom. The predicted octanol–water partition coefficient (Wildman–Crippen LogP) is 4.77. The van der Waals surface area contributed by atoms with Gasteiger partial charge in [-0.15, -0.1) is 0 Å². The molecule has 71 heavy (non-hydrogen) atoms. The molecule has 2 amide bonds. The molecule has 4 atom stereocenters. The lowest BCUT2D eigenvalue weighted by atomic mass is 10.1. The zero-order valence-electron chi connectivity index (χ0n) is 40.9. The van der Waals surface area contributed by atoms with E-state index < -0.39 is 0 Å². The van der Waals surface area contributed by atoms with Crippen LogP contribution in [0.2, 0.25) is 0 Å². The summed E-state index contributed by atoms with van der Waals surface area (Å²) in [5, 5.41) is 7.63. The van der Waals surface area contributed by atoms with Gasteiger partial charge in [0.2, 0.25) is 11.9 Å². The Kier molecular flexibility index (Phi) is 14.7. The van der Waals surface area contributed by atoms with Crippen molar-refractivity contribution >= 4 is 57.4 Å². The van der Waals surface area contributed by atoms with Crippen molar-refractivity contribution in [2.24, 2.45) is 0 Å². The van der Waals surface area contributed by atoms with Crippen molar-refractivity contribution < 1.29 is 33.3 Å². The number of aromatic nitrogens is 6. The molecule has 0 radical (unpaired) electrons. The normalized spacial score (nSPS) is 20.9. The lowest BCUT2D eigenvalue weighted by Gasteiger charge is -2.37. The maximum absolute atomic E-state index is 13.3. The lowest BCUT2D eigenvalue weighted by molar-refractivity contribution is 0.0892. The molecule has 4 saturated heterocycles. The molecule has 0 spiro atoms. The third kappa shape index (κ3) is 10.7. The molecule has 4 aromatic heterocycles. The van der Waals surface area contributed by atoms with E-state index in [1.807, 2.05) is 60.7 Å². The fraction of sp³-hybridized carbons (Fsp3) is 0.462. The van der Waals surface area contributed by atoms with Crippen LogP contribution in [-0.2, 0) is 23.7 Å². The molecule has 2 N–H and O–H groups in total. The van der Waals surface area contributed by atoms with Crippen molar-refractivity contribution in [2.45, 2.75) is 51.9 Å². The van der Waals surface area contributed by atoms with Gasteiger partial charge in [-0.2, -0.15) is 19.9 Å². The molecule has 0 aliphatic carbocycles. The molecule has 372 valence electrons.